The van der Waals surface area contributed by atoms with Gasteiger partial charge in [0.25, 0.3) is 10.0 Å². The Labute approximate surface area is 182 Å². The summed E-state index contributed by atoms with van der Waals surface area (Å²) in [5.74, 6) is 0.205. The van der Waals surface area contributed by atoms with Gasteiger partial charge in [-0.1, -0.05) is 27.7 Å². The lowest BCUT2D eigenvalue weighted by Gasteiger charge is -2.23. The van der Waals surface area contributed by atoms with E-state index in [2.05, 4.69) is 20.2 Å². The van der Waals surface area contributed by atoms with Crippen LogP contribution >= 0.6 is 0 Å². The van der Waals surface area contributed by atoms with Crippen molar-refractivity contribution in [2.24, 2.45) is 0 Å². The molecule has 31 heavy (non-hydrogen) atoms. The van der Waals surface area contributed by atoms with E-state index in [1.165, 1.54) is 4.68 Å². The van der Waals surface area contributed by atoms with Crippen LogP contribution in [0.2, 0.25) is 0 Å². The number of rotatable bonds is 7. The van der Waals surface area contributed by atoms with Crippen LogP contribution in [0.15, 0.2) is 11.1 Å². The van der Waals surface area contributed by atoms with E-state index in [0.717, 1.165) is 11.9 Å². The van der Waals surface area contributed by atoms with Crippen molar-refractivity contribution in [3.63, 3.8) is 0 Å². The lowest BCUT2D eigenvalue weighted by molar-refractivity contribution is 0.0165. The van der Waals surface area contributed by atoms with E-state index in [9.17, 15) is 13.2 Å². The first-order valence-corrected chi connectivity index (χ1v) is 11.7. The summed E-state index contributed by atoms with van der Waals surface area (Å²) in [5.41, 5.74) is 2.08. The largest absolute Gasteiger partial charge is 0.474 e. The second-order valence-electron chi connectivity index (χ2n) is 8.00. The first kappa shape index (κ1) is 23.1. The molecule has 2 aromatic rings. The van der Waals surface area contributed by atoms with Gasteiger partial charge < -0.3 is 14.8 Å². The number of nitrogens with zero attached hydrogens (tertiary/aromatic N) is 4. The number of hydrogen-bond donors (Lipinski definition) is 2. The summed E-state index contributed by atoms with van der Waals surface area (Å²) in [5, 5.41) is 11.4. The molecule has 0 radical (unpaired) electrons. The van der Waals surface area contributed by atoms with Crippen LogP contribution in [-0.4, -0.2) is 53.8 Å². The Balaban J connectivity index is 1.85. The fourth-order valence-electron chi connectivity index (χ4n) is 3.55. The molecular formula is C19H30N6O5S. The Morgan fingerprint density at radius 2 is 2.03 bits per heavy atom. The number of carbonyl (C=O) groups excluding carboxylic acids is 1. The number of carbonyl (C=O) groups is 1. The Bertz CT molecular complexity index is 1060. The summed E-state index contributed by atoms with van der Waals surface area (Å²) in [6.07, 6.45) is 0.940. The molecule has 2 N–H and O–H groups in total. The number of amides is 2. The number of hydrogen-bond acceptors (Lipinski definition) is 7. The van der Waals surface area contributed by atoms with E-state index in [4.69, 9.17) is 9.47 Å². The van der Waals surface area contributed by atoms with Crippen molar-refractivity contribution in [2.45, 2.75) is 70.5 Å². The Morgan fingerprint density at radius 3 is 2.61 bits per heavy atom. The van der Waals surface area contributed by atoms with Crippen molar-refractivity contribution in [1.82, 2.24) is 24.3 Å². The molecule has 0 aromatic carbocycles. The number of aryl methyl sites for hydroxylation is 1. The van der Waals surface area contributed by atoms with Crippen LogP contribution in [0.4, 0.5) is 10.5 Å². The monoisotopic (exact) mass is 454 g/mol. The van der Waals surface area contributed by atoms with E-state index in [1.807, 2.05) is 39.3 Å². The van der Waals surface area contributed by atoms with Crippen LogP contribution in [0.3, 0.4) is 0 Å². The summed E-state index contributed by atoms with van der Waals surface area (Å²) < 4.78 is 41.8. The van der Waals surface area contributed by atoms with Gasteiger partial charge in [0.15, 0.2) is 4.90 Å². The summed E-state index contributed by atoms with van der Waals surface area (Å²) in [6.45, 7) is 11.1. The van der Waals surface area contributed by atoms with E-state index in [-0.39, 0.29) is 35.3 Å². The molecule has 172 valence electrons. The highest BCUT2D eigenvalue weighted by Gasteiger charge is 2.32. The standard InChI is InChI=1S/C19H30N6O5S/c1-7-24-17(12(4)5)16(15(22-24)11(2)3)21-19(26)23-31(27,28)14-8-20-25-9-13(29-6)10-30-18(14)25/h8,11-13H,7,9-10H2,1-6H3,(H2,21,23,26)/t13-/m0/s1. The molecule has 11 nitrogen and oxygen atoms in total. The fraction of sp³-hybridized carbons (Fsp3) is 0.632. The predicted molar refractivity (Wildman–Crippen MR) is 114 cm³/mol. The lowest BCUT2D eigenvalue weighted by atomic mass is 10.0. The molecule has 0 saturated carbocycles. The molecule has 0 fully saturated rings. The molecule has 2 aromatic heterocycles. The quantitative estimate of drug-likeness (QED) is 0.656. The van der Waals surface area contributed by atoms with Crippen molar-refractivity contribution in [3.8, 4) is 5.88 Å². The van der Waals surface area contributed by atoms with Gasteiger partial charge in [0.1, 0.15) is 12.7 Å². The topological polar surface area (TPSA) is 129 Å². The average molecular weight is 455 g/mol. The number of ether oxygens (including phenoxy) is 2. The third-order valence-electron chi connectivity index (χ3n) is 5.04. The molecule has 0 saturated heterocycles. The van der Waals surface area contributed by atoms with Gasteiger partial charge in [0, 0.05) is 13.7 Å². The van der Waals surface area contributed by atoms with E-state index in [0.29, 0.717) is 24.5 Å². The smallest absolute Gasteiger partial charge is 0.333 e. The van der Waals surface area contributed by atoms with E-state index < -0.39 is 16.1 Å². The maximum absolute atomic E-state index is 12.9. The Morgan fingerprint density at radius 1 is 1.32 bits per heavy atom. The maximum Gasteiger partial charge on any atom is 0.333 e. The molecular weight excluding hydrogens is 424 g/mol. The first-order valence-electron chi connectivity index (χ1n) is 10.2. The highest BCUT2D eigenvalue weighted by Crippen LogP contribution is 2.32. The second kappa shape index (κ2) is 8.87. The second-order valence-corrected chi connectivity index (χ2v) is 9.65. The van der Waals surface area contributed by atoms with E-state index in [1.54, 1.807) is 7.11 Å². The summed E-state index contributed by atoms with van der Waals surface area (Å²) in [4.78, 5) is 12.5. The SMILES string of the molecule is CCn1nc(C(C)C)c(NC(=O)NS(=O)(=O)c2cnn3c2OC[C@@H](OC)C3)c1C(C)C. The number of nitrogens with one attached hydrogen (secondary N) is 2. The normalized spacial score (nSPS) is 16.3. The van der Waals surface area contributed by atoms with Crippen molar-refractivity contribution in [1.29, 1.82) is 0 Å². The van der Waals surface area contributed by atoms with Crippen LogP contribution in [0.1, 0.15) is 57.8 Å². The van der Waals surface area contributed by atoms with Gasteiger partial charge in [-0.25, -0.2) is 22.6 Å². The van der Waals surface area contributed by atoms with Gasteiger partial charge in [-0.2, -0.15) is 10.2 Å². The molecule has 0 unspecified atom stereocenters. The highest BCUT2D eigenvalue weighted by molar-refractivity contribution is 7.90. The number of urea groups is 1. The van der Waals surface area contributed by atoms with Crippen LogP contribution in [0, 0.1) is 0 Å². The molecule has 3 heterocycles. The van der Waals surface area contributed by atoms with Gasteiger partial charge in [-0.05, 0) is 18.8 Å². The van der Waals surface area contributed by atoms with Crippen LogP contribution in [-0.2, 0) is 27.8 Å². The first-order chi connectivity index (χ1) is 14.6. The fourth-order valence-corrected chi connectivity index (χ4v) is 4.53. The highest BCUT2D eigenvalue weighted by atomic mass is 32.2. The van der Waals surface area contributed by atoms with Gasteiger partial charge in [0.2, 0.25) is 5.88 Å². The molecule has 12 heteroatoms. The Kier molecular flexibility index (Phi) is 6.60. The zero-order chi connectivity index (χ0) is 22.9. The molecule has 0 spiro atoms. The number of aromatic nitrogens is 4. The van der Waals surface area contributed by atoms with Crippen LogP contribution in [0.5, 0.6) is 5.88 Å². The van der Waals surface area contributed by atoms with Crippen molar-refractivity contribution < 1.29 is 22.7 Å². The van der Waals surface area contributed by atoms with E-state index >= 15 is 0 Å². The summed E-state index contributed by atoms with van der Waals surface area (Å²) in [6, 6.07) is -0.870. The average Bonchev–Trinajstić information content (AvgIpc) is 3.28. The zero-order valence-corrected chi connectivity index (χ0v) is 19.5. The predicted octanol–water partition coefficient (Wildman–Crippen LogP) is 2.26. The van der Waals surface area contributed by atoms with Gasteiger partial charge in [-0.3, -0.25) is 4.68 Å². The molecule has 0 aliphatic carbocycles. The molecule has 2 amide bonds. The number of methoxy groups -OCH3 is 1. The molecule has 0 bridgehead atoms. The minimum absolute atomic E-state index is 0.0435. The van der Waals surface area contributed by atoms with Crippen LogP contribution < -0.4 is 14.8 Å². The summed E-state index contributed by atoms with van der Waals surface area (Å²) in [7, 11) is -2.66. The van der Waals surface area contributed by atoms with Crippen molar-refractivity contribution in [3.05, 3.63) is 17.6 Å². The van der Waals surface area contributed by atoms with Gasteiger partial charge in [0.05, 0.1) is 29.8 Å². The van der Waals surface area contributed by atoms with Gasteiger partial charge >= 0.3 is 6.03 Å². The Hall–Kier alpha value is -2.60. The number of fused-ring (bicyclic) bond motifs is 1. The third-order valence-corrected chi connectivity index (χ3v) is 6.36. The maximum atomic E-state index is 12.9. The summed E-state index contributed by atoms with van der Waals surface area (Å²) >= 11 is 0. The minimum atomic E-state index is -4.21. The number of anilines is 1. The minimum Gasteiger partial charge on any atom is -0.474 e. The molecule has 1 aliphatic heterocycles. The number of sulfonamides is 1. The zero-order valence-electron chi connectivity index (χ0n) is 18.7. The molecule has 1 atom stereocenters. The molecule has 1 aliphatic rings. The van der Waals surface area contributed by atoms with Crippen molar-refractivity contribution >= 4 is 21.7 Å². The third kappa shape index (κ3) is 4.54. The van der Waals surface area contributed by atoms with Gasteiger partial charge in [-0.15, -0.1) is 0 Å². The van der Waals surface area contributed by atoms with Crippen molar-refractivity contribution in [2.75, 3.05) is 19.0 Å². The molecule has 3 rings (SSSR count). The van der Waals surface area contributed by atoms with Crippen LogP contribution in [0.25, 0.3) is 0 Å². The lowest BCUT2D eigenvalue weighted by Crippen LogP contribution is -2.36.